The second-order valence-corrected chi connectivity index (χ2v) is 5.45. The summed E-state index contributed by atoms with van der Waals surface area (Å²) in [5, 5.41) is 6.51. The molecule has 0 spiro atoms. The van der Waals surface area contributed by atoms with Crippen molar-refractivity contribution in [1.82, 2.24) is 0 Å². The fourth-order valence-electron chi connectivity index (χ4n) is 1.41. The Morgan fingerprint density at radius 3 is 2.50 bits per heavy atom. The fourth-order valence-corrected chi connectivity index (χ4v) is 1.76. The number of nitrogens with one attached hydrogen (secondary N) is 2. The molecule has 0 saturated heterocycles. The molecule has 0 aliphatic carbocycles. The van der Waals surface area contributed by atoms with Gasteiger partial charge in [0.1, 0.15) is 5.60 Å². The molecule has 1 aromatic rings. The molecular formula is C13H19BrN2O2. The quantitative estimate of drug-likeness (QED) is 0.830. The van der Waals surface area contributed by atoms with Crippen LogP contribution in [0.15, 0.2) is 18.2 Å². The van der Waals surface area contributed by atoms with Crippen LogP contribution in [0.5, 0.6) is 0 Å². The van der Waals surface area contributed by atoms with E-state index < -0.39 is 11.7 Å². The van der Waals surface area contributed by atoms with E-state index in [4.69, 9.17) is 4.74 Å². The zero-order valence-corrected chi connectivity index (χ0v) is 12.7. The lowest BCUT2D eigenvalue weighted by molar-refractivity contribution is 0.0636. The molecule has 0 unspecified atom stereocenters. The van der Waals surface area contributed by atoms with Crippen LogP contribution in [0.4, 0.5) is 16.2 Å². The second-order valence-electron chi connectivity index (χ2n) is 4.89. The monoisotopic (exact) mass is 314 g/mol. The summed E-state index contributed by atoms with van der Waals surface area (Å²) in [4.78, 5) is 11.7. The minimum atomic E-state index is -0.503. The van der Waals surface area contributed by atoms with Gasteiger partial charge in [0, 0.05) is 12.4 Å². The molecule has 0 heterocycles. The Kier molecular flexibility index (Phi) is 5.02. The maximum atomic E-state index is 11.7. The summed E-state index contributed by atoms with van der Waals surface area (Å²) in [6.45, 7) is 5.50. The smallest absolute Gasteiger partial charge is 0.412 e. The van der Waals surface area contributed by atoms with Crippen LogP contribution >= 0.6 is 15.9 Å². The average Bonchev–Trinajstić information content (AvgIpc) is 2.26. The number of ether oxygens (including phenoxy) is 1. The molecule has 0 bridgehead atoms. The highest BCUT2D eigenvalue weighted by Crippen LogP contribution is 2.24. The maximum Gasteiger partial charge on any atom is 0.412 e. The van der Waals surface area contributed by atoms with Gasteiger partial charge in [-0.15, -0.1) is 0 Å². The lowest BCUT2D eigenvalue weighted by atomic mass is 10.2. The third-order valence-corrected chi connectivity index (χ3v) is 2.79. The molecule has 1 rings (SSSR count). The number of benzene rings is 1. The van der Waals surface area contributed by atoms with Crippen molar-refractivity contribution < 1.29 is 9.53 Å². The minimum Gasteiger partial charge on any atom is -0.444 e. The molecule has 0 fully saturated rings. The van der Waals surface area contributed by atoms with Gasteiger partial charge in [-0.2, -0.15) is 0 Å². The fraction of sp³-hybridized carbons (Fsp3) is 0.462. The van der Waals surface area contributed by atoms with E-state index in [1.54, 1.807) is 0 Å². The van der Waals surface area contributed by atoms with E-state index in [0.717, 1.165) is 16.6 Å². The van der Waals surface area contributed by atoms with Crippen molar-refractivity contribution in [3.63, 3.8) is 0 Å². The van der Waals surface area contributed by atoms with Gasteiger partial charge in [0.25, 0.3) is 0 Å². The topological polar surface area (TPSA) is 50.4 Å². The van der Waals surface area contributed by atoms with Gasteiger partial charge < -0.3 is 10.1 Å². The number of rotatable bonds is 3. The number of hydrogen-bond donors (Lipinski definition) is 2. The second kappa shape index (κ2) is 6.09. The van der Waals surface area contributed by atoms with Crippen molar-refractivity contribution in [2.24, 2.45) is 0 Å². The highest BCUT2D eigenvalue weighted by atomic mass is 79.9. The first-order valence-electron chi connectivity index (χ1n) is 5.72. The maximum absolute atomic E-state index is 11.7. The lowest BCUT2D eigenvalue weighted by Crippen LogP contribution is -2.27. The molecule has 18 heavy (non-hydrogen) atoms. The number of carbonyl (C=O) groups is 1. The van der Waals surface area contributed by atoms with Crippen molar-refractivity contribution >= 4 is 33.4 Å². The first-order chi connectivity index (χ1) is 8.35. The normalized spacial score (nSPS) is 10.9. The summed E-state index contributed by atoms with van der Waals surface area (Å²) in [7, 11) is 1.81. The molecule has 2 N–H and O–H groups in total. The van der Waals surface area contributed by atoms with E-state index >= 15 is 0 Å². The highest BCUT2D eigenvalue weighted by Gasteiger charge is 2.17. The first kappa shape index (κ1) is 14.8. The van der Waals surface area contributed by atoms with E-state index in [-0.39, 0.29) is 0 Å². The standard InChI is InChI=1S/C13H19BrN2O2/c1-13(2,3)18-12(17)16-11-7-9(8-14)5-6-10(11)15-4/h5-7,15H,8H2,1-4H3,(H,16,17). The molecule has 0 aromatic heterocycles. The van der Waals surface area contributed by atoms with E-state index in [9.17, 15) is 4.79 Å². The van der Waals surface area contributed by atoms with Gasteiger partial charge in [-0.25, -0.2) is 4.79 Å². The number of halogens is 1. The van der Waals surface area contributed by atoms with Gasteiger partial charge in [-0.3, -0.25) is 5.32 Å². The third kappa shape index (κ3) is 4.56. The van der Waals surface area contributed by atoms with Crippen LogP contribution in [0.25, 0.3) is 0 Å². The Morgan fingerprint density at radius 1 is 1.33 bits per heavy atom. The van der Waals surface area contributed by atoms with Crippen molar-refractivity contribution in [3.8, 4) is 0 Å². The van der Waals surface area contributed by atoms with Crippen LogP contribution in [0.2, 0.25) is 0 Å². The Hall–Kier alpha value is -1.23. The van der Waals surface area contributed by atoms with Gasteiger partial charge in [0.15, 0.2) is 0 Å². The van der Waals surface area contributed by atoms with E-state index in [2.05, 4.69) is 26.6 Å². The Bertz CT molecular complexity index is 427. The average molecular weight is 315 g/mol. The zero-order valence-electron chi connectivity index (χ0n) is 11.1. The van der Waals surface area contributed by atoms with Crippen molar-refractivity contribution in [2.45, 2.75) is 31.7 Å². The number of carbonyl (C=O) groups excluding carboxylic acids is 1. The summed E-state index contributed by atoms with van der Waals surface area (Å²) in [5.74, 6) is 0. The van der Waals surface area contributed by atoms with Crippen LogP contribution < -0.4 is 10.6 Å². The summed E-state index contributed by atoms with van der Waals surface area (Å²) in [6, 6.07) is 5.81. The SMILES string of the molecule is CNc1ccc(CBr)cc1NC(=O)OC(C)(C)C. The molecule has 1 amide bonds. The predicted octanol–water partition coefficient (Wildman–Crippen LogP) is 3.97. The lowest BCUT2D eigenvalue weighted by Gasteiger charge is -2.20. The van der Waals surface area contributed by atoms with Crippen LogP contribution in [-0.2, 0) is 10.1 Å². The Labute approximate surface area is 116 Å². The number of amides is 1. The van der Waals surface area contributed by atoms with Crippen molar-refractivity contribution in [3.05, 3.63) is 23.8 Å². The third-order valence-electron chi connectivity index (χ3n) is 2.14. The largest absolute Gasteiger partial charge is 0.444 e. The first-order valence-corrected chi connectivity index (χ1v) is 6.84. The molecule has 0 atom stereocenters. The predicted molar refractivity (Wildman–Crippen MR) is 78.5 cm³/mol. The summed E-state index contributed by atoms with van der Waals surface area (Å²) in [5.41, 5.74) is 2.14. The van der Waals surface area contributed by atoms with Gasteiger partial charge >= 0.3 is 6.09 Å². The van der Waals surface area contributed by atoms with Crippen molar-refractivity contribution in [2.75, 3.05) is 17.7 Å². The molecular weight excluding hydrogens is 296 g/mol. The van der Waals surface area contributed by atoms with Gasteiger partial charge in [0.2, 0.25) is 0 Å². The molecule has 100 valence electrons. The minimum absolute atomic E-state index is 0.453. The summed E-state index contributed by atoms with van der Waals surface area (Å²) >= 11 is 3.39. The van der Waals surface area contributed by atoms with Crippen LogP contribution in [-0.4, -0.2) is 18.7 Å². The zero-order chi connectivity index (χ0) is 13.8. The summed E-state index contributed by atoms with van der Waals surface area (Å²) < 4.78 is 5.23. The van der Waals surface area contributed by atoms with E-state index in [1.165, 1.54) is 0 Å². The molecule has 4 nitrogen and oxygen atoms in total. The molecule has 0 radical (unpaired) electrons. The Balaban J connectivity index is 2.85. The van der Waals surface area contributed by atoms with Gasteiger partial charge in [-0.05, 0) is 38.5 Å². The summed E-state index contributed by atoms with van der Waals surface area (Å²) in [6.07, 6.45) is -0.453. The number of anilines is 2. The molecule has 0 saturated carbocycles. The molecule has 5 heteroatoms. The van der Waals surface area contributed by atoms with E-state index in [1.807, 2.05) is 46.0 Å². The van der Waals surface area contributed by atoms with E-state index in [0.29, 0.717) is 5.69 Å². The Morgan fingerprint density at radius 2 is 2.00 bits per heavy atom. The van der Waals surface area contributed by atoms with Crippen LogP contribution in [0, 0.1) is 0 Å². The molecule has 0 aliphatic heterocycles. The van der Waals surface area contributed by atoms with Gasteiger partial charge in [-0.1, -0.05) is 22.0 Å². The highest BCUT2D eigenvalue weighted by molar-refractivity contribution is 9.08. The molecule has 0 aliphatic rings. The van der Waals surface area contributed by atoms with Crippen LogP contribution in [0.1, 0.15) is 26.3 Å². The molecule has 1 aromatic carbocycles. The van der Waals surface area contributed by atoms with Crippen molar-refractivity contribution in [1.29, 1.82) is 0 Å². The number of alkyl halides is 1. The van der Waals surface area contributed by atoms with Gasteiger partial charge in [0.05, 0.1) is 11.4 Å². The van der Waals surface area contributed by atoms with Crippen LogP contribution in [0.3, 0.4) is 0 Å². The number of hydrogen-bond acceptors (Lipinski definition) is 3.